The molecule has 3 N–H and O–H groups in total. The smallest absolute Gasteiger partial charge is 0.410 e. The fourth-order valence-corrected chi connectivity index (χ4v) is 5.20. The van der Waals surface area contributed by atoms with Crippen LogP contribution >= 0.6 is 15.9 Å². The molecular formula is C23H24BrN5O3. The highest BCUT2D eigenvalue weighted by atomic mass is 79.9. The lowest BCUT2D eigenvalue weighted by molar-refractivity contribution is 0.0878. The third-order valence-electron chi connectivity index (χ3n) is 6.65. The predicted octanol–water partition coefficient (Wildman–Crippen LogP) is 3.80. The highest BCUT2D eigenvalue weighted by molar-refractivity contribution is 9.10. The summed E-state index contributed by atoms with van der Waals surface area (Å²) < 4.78 is 8.13. The Kier molecular flexibility index (Phi) is 5.28. The molecule has 1 unspecified atom stereocenters. The maximum absolute atomic E-state index is 12.8. The van der Waals surface area contributed by atoms with Gasteiger partial charge >= 0.3 is 6.09 Å². The Labute approximate surface area is 193 Å². The van der Waals surface area contributed by atoms with Crippen molar-refractivity contribution in [1.82, 2.24) is 14.5 Å². The Hall–Kier alpha value is -3.07. The van der Waals surface area contributed by atoms with Crippen molar-refractivity contribution in [3.63, 3.8) is 0 Å². The summed E-state index contributed by atoms with van der Waals surface area (Å²) in [6, 6.07) is 11.5. The molecule has 2 aliphatic rings. The minimum atomic E-state index is -0.542. The van der Waals surface area contributed by atoms with Crippen molar-refractivity contribution in [2.24, 2.45) is 11.1 Å². The Morgan fingerprint density at radius 1 is 1.28 bits per heavy atom. The predicted molar refractivity (Wildman–Crippen MR) is 123 cm³/mol. The van der Waals surface area contributed by atoms with Gasteiger partial charge in [-0.15, -0.1) is 0 Å². The summed E-state index contributed by atoms with van der Waals surface area (Å²) in [5.41, 5.74) is 8.31. The molecule has 5 rings (SSSR count). The molecule has 2 fully saturated rings. The lowest BCUT2D eigenvalue weighted by Crippen LogP contribution is -2.45. The number of carbonyl (C=O) groups excluding carboxylic acids is 2. The Balaban J connectivity index is 1.38. The van der Waals surface area contributed by atoms with E-state index >= 15 is 0 Å². The molecule has 32 heavy (non-hydrogen) atoms. The van der Waals surface area contributed by atoms with E-state index in [0.717, 1.165) is 34.8 Å². The minimum absolute atomic E-state index is 0.0153. The van der Waals surface area contributed by atoms with Gasteiger partial charge in [-0.3, -0.25) is 4.79 Å². The first-order chi connectivity index (χ1) is 15.4. The maximum atomic E-state index is 12.8. The van der Waals surface area contributed by atoms with Gasteiger partial charge in [-0.25, -0.2) is 9.31 Å². The summed E-state index contributed by atoms with van der Waals surface area (Å²) in [5, 5.41) is 7.85. The highest BCUT2D eigenvalue weighted by Gasteiger charge is 2.52. The van der Waals surface area contributed by atoms with Crippen molar-refractivity contribution in [3.05, 3.63) is 64.4 Å². The molecule has 1 saturated heterocycles. The van der Waals surface area contributed by atoms with Crippen LogP contribution < -0.4 is 11.1 Å². The first-order valence-corrected chi connectivity index (χ1v) is 11.4. The van der Waals surface area contributed by atoms with Gasteiger partial charge in [-0.1, -0.05) is 36.8 Å². The zero-order valence-corrected chi connectivity index (χ0v) is 19.0. The van der Waals surface area contributed by atoms with E-state index in [4.69, 9.17) is 10.5 Å². The van der Waals surface area contributed by atoms with Crippen LogP contribution in [0, 0.1) is 5.41 Å². The molecule has 8 nitrogen and oxygen atoms in total. The molecule has 3 heterocycles. The summed E-state index contributed by atoms with van der Waals surface area (Å²) >= 11 is 3.47. The largest absolute Gasteiger partial charge is 0.445 e. The van der Waals surface area contributed by atoms with Crippen LogP contribution in [0.2, 0.25) is 0 Å². The van der Waals surface area contributed by atoms with Gasteiger partial charge in [-0.2, -0.15) is 5.10 Å². The summed E-state index contributed by atoms with van der Waals surface area (Å²) in [4.78, 5) is 26.7. The second-order valence-electron chi connectivity index (χ2n) is 8.62. The Morgan fingerprint density at radius 2 is 2.06 bits per heavy atom. The number of anilines is 1. The number of primary amides is 1. The maximum Gasteiger partial charge on any atom is 0.410 e. The number of carbonyl (C=O) groups is 2. The SMILES string of the molecule is NC(=O)c1cnn2cc(Br)cc2c1NC1CN(C(=O)OCc2ccccc2)CC12CCC2. The number of ether oxygens (including phenoxy) is 1. The Bertz CT molecular complexity index is 1180. The van der Waals surface area contributed by atoms with E-state index in [1.54, 1.807) is 9.42 Å². The van der Waals surface area contributed by atoms with E-state index in [2.05, 4.69) is 26.3 Å². The average Bonchev–Trinajstić information content (AvgIpc) is 3.33. The van der Waals surface area contributed by atoms with Crippen LogP contribution in [0.5, 0.6) is 0 Å². The number of aromatic nitrogens is 2. The average molecular weight is 498 g/mol. The van der Waals surface area contributed by atoms with Gasteiger partial charge < -0.3 is 20.7 Å². The summed E-state index contributed by atoms with van der Waals surface area (Å²) in [6.07, 6.45) is 6.15. The molecule has 2 aromatic heterocycles. The molecule has 9 heteroatoms. The van der Waals surface area contributed by atoms with Gasteiger partial charge in [0.1, 0.15) is 6.61 Å². The number of amides is 2. The second kappa shape index (κ2) is 8.12. The fraction of sp³-hybridized carbons (Fsp3) is 0.348. The van der Waals surface area contributed by atoms with Crippen molar-refractivity contribution in [2.75, 3.05) is 18.4 Å². The standard InChI is InChI=1S/C23H24BrN5O3/c24-16-9-18-20(17(21(25)30)10-26-29(18)11-16)27-19-12-28(14-23(19)7-4-8-23)22(31)32-13-15-5-2-1-3-6-15/h1-3,5-6,9-11,19,27H,4,7-8,12-14H2,(H2,25,30). The number of rotatable bonds is 5. The quantitative estimate of drug-likeness (QED) is 0.558. The van der Waals surface area contributed by atoms with E-state index in [1.807, 2.05) is 42.6 Å². The minimum Gasteiger partial charge on any atom is -0.445 e. The van der Waals surface area contributed by atoms with E-state index in [1.165, 1.54) is 6.20 Å². The van der Waals surface area contributed by atoms with Crippen molar-refractivity contribution in [3.8, 4) is 0 Å². The molecule has 1 atom stereocenters. The van der Waals surface area contributed by atoms with Gasteiger partial charge in [0.05, 0.1) is 29.0 Å². The van der Waals surface area contributed by atoms with E-state index in [9.17, 15) is 9.59 Å². The fourth-order valence-electron chi connectivity index (χ4n) is 4.79. The zero-order chi connectivity index (χ0) is 22.3. The van der Waals surface area contributed by atoms with Crippen LogP contribution in [0.4, 0.5) is 10.5 Å². The summed E-state index contributed by atoms with van der Waals surface area (Å²) in [7, 11) is 0. The van der Waals surface area contributed by atoms with Crippen molar-refractivity contribution in [1.29, 1.82) is 0 Å². The van der Waals surface area contributed by atoms with Crippen LogP contribution in [0.3, 0.4) is 0 Å². The van der Waals surface area contributed by atoms with E-state index in [-0.39, 0.29) is 24.2 Å². The molecule has 0 bridgehead atoms. The lowest BCUT2D eigenvalue weighted by atomic mass is 9.65. The second-order valence-corrected chi connectivity index (χ2v) is 9.53. The topological polar surface area (TPSA) is 102 Å². The molecule has 1 aromatic carbocycles. The number of nitrogens with one attached hydrogen (secondary N) is 1. The number of likely N-dealkylation sites (tertiary alicyclic amines) is 1. The molecule has 1 aliphatic carbocycles. The number of fused-ring (bicyclic) bond motifs is 1. The number of hydrogen-bond donors (Lipinski definition) is 2. The molecular weight excluding hydrogens is 474 g/mol. The van der Waals surface area contributed by atoms with Crippen LogP contribution in [0.25, 0.3) is 5.52 Å². The Morgan fingerprint density at radius 3 is 2.75 bits per heavy atom. The normalized spacial score (nSPS) is 19.2. The molecule has 1 saturated carbocycles. The van der Waals surface area contributed by atoms with Crippen LogP contribution in [0.15, 0.2) is 53.3 Å². The molecule has 166 valence electrons. The van der Waals surface area contributed by atoms with Gasteiger partial charge in [0.2, 0.25) is 0 Å². The molecule has 1 spiro atoms. The monoisotopic (exact) mass is 497 g/mol. The van der Waals surface area contributed by atoms with Gasteiger partial charge in [0, 0.05) is 29.2 Å². The summed E-state index contributed by atoms with van der Waals surface area (Å²) in [6.45, 7) is 1.38. The number of nitrogens with zero attached hydrogens (tertiary/aromatic N) is 3. The zero-order valence-electron chi connectivity index (χ0n) is 17.5. The molecule has 3 aromatic rings. The third kappa shape index (κ3) is 3.70. The summed E-state index contributed by atoms with van der Waals surface area (Å²) in [5.74, 6) is -0.542. The van der Waals surface area contributed by atoms with Crippen molar-refractivity contribution in [2.45, 2.75) is 31.9 Å². The number of benzene rings is 1. The highest BCUT2D eigenvalue weighted by Crippen LogP contribution is 2.49. The number of nitrogens with two attached hydrogens (primary N) is 1. The van der Waals surface area contributed by atoms with Crippen LogP contribution in [0.1, 0.15) is 35.2 Å². The van der Waals surface area contributed by atoms with Crippen molar-refractivity contribution >= 4 is 39.1 Å². The lowest BCUT2D eigenvalue weighted by Gasteiger charge is -2.43. The van der Waals surface area contributed by atoms with E-state index < -0.39 is 5.91 Å². The van der Waals surface area contributed by atoms with Crippen LogP contribution in [-0.2, 0) is 11.3 Å². The molecule has 0 radical (unpaired) electrons. The number of hydrogen-bond acceptors (Lipinski definition) is 5. The third-order valence-corrected chi connectivity index (χ3v) is 7.08. The number of halogens is 1. The van der Waals surface area contributed by atoms with E-state index in [0.29, 0.717) is 24.3 Å². The molecule has 1 aliphatic heterocycles. The van der Waals surface area contributed by atoms with Crippen LogP contribution in [-0.4, -0.2) is 45.6 Å². The first-order valence-electron chi connectivity index (χ1n) is 10.6. The van der Waals surface area contributed by atoms with Gasteiger partial charge in [-0.05, 0) is 40.4 Å². The van der Waals surface area contributed by atoms with Gasteiger partial charge in [0.25, 0.3) is 5.91 Å². The van der Waals surface area contributed by atoms with Gasteiger partial charge in [0.15, 0.2) is 0 Å². The first kappa shape index (κ1) is 20.8. The van der Waals surface area contributed by atoms with Crippen molar-refractivity contribution < 1.29 is 14.3 Å². The molecule has 2 amide bonds.